The smallest absolute Gasteiger partial charge is 0.296 e. The van der Waals surface area contributed by atoms with Gasteiger partial charge in [-0.05, 0) is 35.7 Å². The van der Waals surface area contributed by atoms with Gasteiger partial charge in [0, 0.05) is 12.3 Å². The fourth-order valence-corrected chi connectivity index (χ4v) is 4.88. The number of benzene rings is 3. The third-order valence-corrected chi connectivity index (χ3v) is 7.01. The normalized spacial score (nSPS) is 12.8. The molecule has 0 unspecified atom stereocenters. The van der Waals surface area contributed by atoms with E-state index in [-0.39, 0.29) is 16.5 Å². The molecule has 0 fully saturated rings. The summed E-state index contributed by atoms with van der Waals surface area (Å²) in [5, 5.41) is 19.4. The lowest BCUT2D eigenvalue weighted by molar-refractivity contribution is -0.114. The van der Waals surface area contributed by atoms with E-state index in [1.54, 1.807) is 0 Å². The topological polar surface area (TPSA) is 237 Å². The first-order valence-electron chi connectivity index (χ1n) is 9.04. The van der Waals surface area contributed by atoms with Gasteiger partial charge in [-0.15, -0.1) is 10.2 Å². The van der Waals surface area contributed by atoms with Crippen LogP contribution in [0.1, 0.15) is 6.92 Å². The molecule has 0 aliphatic carbocycles. The van der Waals surface area contributed by atoms with Crippen LogP contribution in [0.4, 0.5) is 17.1 Å². The van der Waals surface area contributed by atoms with E-state index in [2.05, 4.69) is 15.5 Å². The zero-order chi connectivity index (χ0) is 26.3. The summed E-state index contributed by atoms with van der Waals surface area (Å²) in [5.41, 5.74) is -1.74. The molecule has 3 rings (SSSR count). The van der Waals surface area contributed by atoms with Crippen molar-refractivity contribution in [2.24, 2.45) is 10.2 Å². The summed E-state index contributed by atoms with van der Waals surface area (Å²) in [6.07, 6.45) is 0. The number of carbonyl (C=O) groups is 1. The second-order valence-electron chi connectivity index (χ2n) is 6.91. The van der Waals surface area contributed by atoms with Gasteiger partial charge in [0.25, 0.3) is 30.4 Å². The van der Waals surface area contributed by atoms with Gasteiger partial charge >= 0.3 is 0 Å². The van der Waals surface area contributed by atoms with Gasteiger partial charge < -0.3 is 10.4 Å². The minimum Gasteiger partial charge on any atom is -0.505 e. The van der Waals surface area contributed by atoms with E-state index >= 15 is 0 Å². The highest BCUT2D eigenvalue weighted by Crippen LogP contribution is 2.45. The van der Waals surface area contributed by atoms with Gasteiger partial charge in [-0.25, -0.2) is 0 Å². The molecule has 17 heteroatoms. The second-order valence-corrected chi connectivity index (χ2v) is 11.1. The Kier molecular flexibility index (Phi) is 6.68. The number of phenols is 1. The number of nitrogens with one attached hydrogen (secondary N) is 1. The van der Waals surface area contributed by atoms with Gasteiger partial charge in [0.15, 0.2) is 5.75 Å². The molecule has 35 heavy (non-hydrogen) atoms. The van der Waals surface area contributed by atoms with Crippen LogP contribution in [-0.4, -0.2) is 49.9 Å². The molecule has 0 aromatic heterocycles. The molecule has 0 radical (unpaired) electrons. The fourth-order valence-electron chi connectivity index (χ4n) is 3.05. The van der Waals surface area contributed by atoms with E-state index in [0.717, 1.165) is 31.2 Å². The summed E-state index contributed by atoms with van der Waals surface area (Å²) >= 11 is 0. The summed E-state index contributed by atoms with van der Waals surface area (Å²) in [5.74, 6) is -1.74. The van der Waals surface area contributed by atoms with Crippen LogP contribution in [0.5, 0.6) is 5.75 Å². The lowest BCUT2D eigenvalue weighted by Gasteiger charge is -2.14. The Morgan fingerprint density at radius 3 is 1.97 bits per heavy atom. The van der Waals surface area contributed by atoms with Gasteiger partial charge in [-0.2, -0.15) is 25.3 Å². The van der Waals surface area contributed by atoms with Crippen molar-refractivity contribution in [3.05, 3.63) is 42.5 Å². The minimum atomic E-state index is -5.16. The van der Waals surface area contributed by atoms with Crippen LogP contribution in [0.2, 0.25) is 0 Å². The van der Waals surface area contributed by atoms with Gasteiger partial charge in [-0.1, -0.05) is 12.1 Å². The number of anilines is 1. The predicted octanol–water partition coefficient (Wildman–Crippen LogP) is 2.66. The number of hydrogen-bond donors (Lipinski definition) is 5. The Balaban J connectivity index is 2.43. The van der Waals surface area contributed by atoms with E-state index < -0.39 is 68.1 Å². The number of nitrogens with zero attached hydrogens (tertiary/aromatic N) is 2. The fraction of sp³-hybridized carbons (Fsp3) is 0.0556. The molecule has 3 aromatic rings. The molecule has 0 atom stereocenters. The number of phenolic OH excluding ortho intramolecular Hbond substituents is 1. The highest BCUT2D eigenvalue weighted by Gasteiger charge is 2.26. The molecule has 0 heterocycles. The molecule has 0 spiro atoms. The third-order valence-electron chi connectivity index (χ3n) is 4.41. The number of aromatic hydroxyl groups is 1. The largest absolute Gasteiger partial charge is 0.505 e. The molecular weight excluding hydrogens is 530 g/mol. The molecule has 0 aliphatic heterocycles. The first-order valence-corrected chi connectivity index (χ1v) is 13.4. The van der Waals surface area contributed by atoms with Crippen molar-refractivity contribution in [1.82, 2.24) is 0 Å². The quantitative estimate of drug-likeness (QED) is 0.223. The number of hydrogen-bond acceptors (Lipinski definition) is 10. The van der Waals surface area contributed by atoms with Gasteiger partial charge in [0.1, 0.15) is 21.2 Å². The Morgan fingerprint density at radius 2 is 1.43 bits per heavy atom. The lowest BCUT2D eigenvalue weighted by Crippen LogP contribution is -2.08. The maximum absolute atomic E-state index is 12.0. The van der Waals surface area contributed by atoms with E-state index in [1.807, 2.05) is 0 Å². The molecule has 3 aromatic carbocycles. The molecule has 14 nitrogen and oxygen atoms in total. The molecule has 0 aliphatic rings. The predicted molar refractivity (Wildman–Crippen MR) is 120 cm³/mol. The number of fused-ring (bicyclic) bond motifs is 1. The molecule has 0 saturated carbocycles. The van der Waals surface area contributed by atoms with Crippen molar-refractivity contribution in [2.75, 3.05) is 5.32 Å². The lowest BCUT2D eigenvalue weighted by atomic mass is 10.1. The van der Waals surface area contributed by atoms with E-state index in [0.29, 0.717) is 6.07 Å². The number of carbonyl (C=O) groups excluding carboxylic acids is 1. The Morgan fingerprint density at radius 1 is 0.829 bits per heavy atom. The Labute approximate surface area is 198 Å². The highest BCUT2D eigenvalue weighted by molar-refractivity contribution is 7.86. The van der Waals surface area contributed by atoms with E-state index in [9.17, 15) is 48.8 Å². The van der Waals surface area contributed by atoms with Crippen LogP contribution in [0, 0.1) is 0 Å². The minimum absolute atomic E-state index is 0.350. The van der Waals surface area contributed by atoms with Crippen molar-refractivity contribution >= 4 is 64.1 Å². The Hall–Kier alpha value is -3.48. The number of azo groups is 1. The van der Waals surface area contributed by atoms with Gasteiger partial charge in [0.2, 0.25) is 5.91 Å². The van der Waals surface area contributed by atoms with Crippen LogP contribution < -0.4 is 5.32 Å². The van der Waals surface area contributed by atoms with Crippen molar-refractivity contribution in [2.45, 2.75) is 21.6 Å². The van der Waals surface area contributed by atoms with Crippen LogP contribution in [0.15, 0.2) is 67.4 Å². The van der Waals surface area contributed by atoms with Gasteiger partial charge in [-0.3, -0.25) is 18.5 Å². The monoisotopic (exact) mass is 545 g/mol. The van der Waals surface area contributed by atoms with Crippen molar-refractivity contribution in [3.63, 3.8) is 0 Å². The third kappa shape index (κ3) is 5.61. The first kappa shape index (κ1) is 26.1. The summed E-state index contributed by atoms with van der Waals surface area (Å²) in [7, 11) is -14.8. The molecule has 0 saturated heterocycles. The van der Waals surface area contributed by atoms with Gasteiger partial charge in [0.05, 0.1) is 10.6 Å². The summed E-state index contributed by atoms with van der Waals surface area (Å²) in [4.78, 5) is 9.07. The van der Waals surface area contributed by atoms with Crippen molar-refractivity contribution in [3.8, 4) is 5.75 Å². The summed E-state index contributed by atoms with van der Waals surface area (Å²) in [6, 6.07) is 6.87. The van der Waals surface area contributed by atoms with E-state index in [1.165, 1.54) is 12.1 Å². The number of rotatable bonds is 6. The average Bonchev–Trinajstić information content (AvgIpc) is 2.70. The van der Waals surface area contributed by atoms with Crippen molar-refractivity contribution in [1.29, 1.82) is 0 Å². The summed E-state index contributed by atoms with van der Waals surface area (Å²) < 4.78 is 98.8. The molecule has 0 bridgehead atoms. The van der Waals surface area contributed by atoms with Crippen molar-refractivity contribution < 1.29 is 48.8 Å². The summed E-state index contributed by atoms with van der Waals surface area (Å²) in [6.45, 7) is 1.04. The SMILES string of the molecule is CC(=O)Nc1cc(S(=O)(=O)O)cc2cc(S(=O)(=O)O)c(N=Nc3ccccc3S(=O)(=O)O)c(O)c12. The average molecular weight is 546 g/mol. The van der Waals surface area contributed by atoms with Crippen LogP contribution in [0.3, 0.4) is 0 Å². The second kappa shape index (κ2) is 8.95. The zero-order valence-corrected chi connectivity index (χ0v) is 19.8. The Bertz CT molecular complexity index is 1730. The highest BCUT2D eigenvalue weighted by atomic mass is 32.2. The maximum atomic E-state index is 12.0. The molecule has 186 valence electrons. The van der Waals surface area contributed by atoms with Crippen LogP contribution in [-0.2, 0) is 35.1 Å². The molecule has 5 N–H and O–H groups in total. The zero-order valence-electron chi connectivity index (χ0n) is 17.3. The maximum Gasteiger partial charge on any atom is 0.296 e. The van der Waals surface area contributed by atoms with Crippen LogP contribution >= 0.6 is 0 Å². The molecular formula is C18H15N3O11S3. The standard InChI is InChI=1S/C18H15N3O11S3/c1-9(22)19-13-8-11(33(24,25)26)6-10-7-15(35(30,31)32)17(18(23)16(10)13)21-20-12-4-2-3-5-14(12)34(27,28)29/h2-8,23H,1H3,(H,19,22)(H,24,25,26)(H,27,28,29)(H,30,31,32). The first-order chi connectivity index (χ1) is 16.0. The molecule has 1 amide bonds. The van der Waals surface area contributed by atoms with Crippen LogP contribution in [0.25, 0.3) is 10.8 Å². The van der Waals surface area contributed by atoms with E-state index in [4.69, 9.17) is 0 Å². The number of amides is 1.